The maximum atomic E-state index is 10.1. The van der Waals surface area contributed by atoms with Gasteiger partial charge < -0.3 is 0 Å². The van der Waals surface area contributed by atoms with Gasteiger partial charge in [-0.2, -0.15) is 10.5 Å². The summed E-state index contributed by atoms with van der Waals surface area (Å²) in [5.74, 6) is 0. The first-order valence-electron chi connectivity index (χ1n) is 7.64. The van der Waals surface area contributed by atoms with Crippen LogP contribution in [0.25, 0.3) is 10.8 Å². The van der Waals surface area contributed by atoms with Crippen molar-refractivity contribution in [3.8, 4) is 12.1 Å². The van der Waals surface area contributed by atoms with E-state index in [0.29, 0.717) is 12.0 Å². The van der Waals surface area contributed by atoms with Crippen LogP contribution < -0.4 is 0 Å². The average Bonchev–Trinajstić information content (AvgIpc) is 2.96. The predicted molar refractivity (Wildman–Crippen MR) is 89.9 cm³/mol. The third kappa shape index (κ3) is 1.67. The fraction of sp³-hybridized carbons (Fsp3) is 0.143. The maximum absolute atomic E-state index is 10.1. The van der Waals surface area contributed by atoms with Crippen LogP contribution in [0, 0.1) is 29.6 Å². The first-order valence-corrected chi connectivity index (χ1v) is 7.64. The predicted octanol–water partition coefficient (Wildman–Crippen LogP) is 4.39. The lowest BCUT2D eigenvalue weighted by Gasteiger charge is -2.23. The van der Waals surface area contributed by atoms with Gasteiger partial charge >= 0.3 is 0 Å². The Morgan fingerprint density at radius 1 is 0.957 bits per heavy atom. The van der Waals surface area contributed by atoms with Crippen LogP contribution in [0.5, 0.6) is 0 Å². The van der Waals surface area contributed by atoms with Crippen LogP contribution in [0.15, 0.2) is 54.6 Å². The molecule has 1 atom stereocenters. The molecular formula is C21H14N2. The first-order chi connectivity index (χ1) is 11.2. The van der Waals surface area contributed by atoms with Crippen LogP contribution >= 0.6 is 0 Å². The van der Waals surface area contributed by atoms with Gasteiger partial charge in [0.15, 0.2) is 0 Å². The lowest BCUT2D eigenvalue weighted by atomic mass is 9.76. The van der Waals surface area contributed by atoms with Gasteiger partial charge in [-0.1, -0.05) is 48.5 Å². The van der Waals surface area contributed by atoms with Crippen molar-refractivity contribution < 1.29 is 0 Å². The van der Waals surface area contributed by atoms with Gasteiger partial charge in [-0.15, -0.1) is 0 Å². The molecule has 0 aliphatic heterocycles. The van der Waals surface area contributed by atoms with Gasteiger partial charge in [-0.05, 0) is 40.6 Å². The largest absolute Gasteiger partial charge is 0.197 e. The summed E-state index contributed by atoms with van der Waals surface area (Å²) >= 11 is 0. The second-order valence-electron chi connectivity index (χ2n) is 6.12. The molecule has 0 spiro atoms. The summed E-state index contributed by atoms with van der Waals surface area (Å²) in [6.45, 7) is 2.08. The molecule has 4 rings (SSSR count). The van der Waals surface area contributed by atoms with Gasteiger partial charge in [0.05, 0.1) is 17.7 Å². The fourth-order valence-electron chi connectivity index (χ4n) is 3.81. The topological polar surface area (TPSA) is 47.6 Å². The van der Waals surface area contributed by atoms with Gasteiger partial charge in [0.2, 0.25) is 0 Å². The van der Waals surface area contributed by atoms with Crippen molar-refractivity contribution in [1.82, 2.24) is 0 Å². The molecule has 1 aliphatic rings. The summed E-state index contributed by atoms with van der Waals surface area (Å²) in [7, 11) is 0. The average molecular weight is 294 g/mol. The van der Waals surface area contributed by atoms with E-state index in [1.54, 1.807) is 0 Å². The second kappa shape index (κ2) is 4.70. The van der Waals surface area contributed by atoms with Crippen molar-refractivity contribution >= 4 is 10.8 Å². The Morgan fingerprint density at radius 3 is 2.43 bits per heavy atom. The summed E-state index contributed by atoms with van der Waals surface area (Å²) in [5.41, 5.74) is 4.43. The van der Waals surface area contributed by atoms with Crippen LogP contribution in [-0.2, 0) is 11.8 Å². The van der Waals surface area contributed by atoms with Crippen LogP contribution in [-0.4, -0.2) is 0 Å². The van der Waals surface area contributed by atoms with E-state index in [0.717, 1.165) is 21.9 Å². The molecule has 0 saturated heterocycles. The molecule has 3 aromatic carbocycles. The molecule has 0 aromatic heterocycles. The van der Waals surface area contributed by atoms with Gasteiger partial charge in [0.1, 0.15) is 5.41 Å². The van der Waals surface area contributed by atoms with E-state index in [1.807, 2.05) is 48.5 Å². The maximum Gasteiger partial charge on any atom is 0.112 e. The van der Waals surface area contributed by atoms with Gasteiger partial charge in [-0.25, -0.2) is 0 Å². The number of aryl methyl sites for hydroxylation is 1. The Kier molecular flexibility index (Phi) is 2.77. The highest BCUT2D eigenvalue weighted by molar-refractivity contribution is 5.98. The normalized spacial score (nSPS) is 18.6. The van der Waals surface area contributed by atoms with Crippen molar-refractivity contribution in [2.24, 2.45) is 0 Å². The summed E-state index contributed by atoms with van der Waals surface area (Å²) in [6.07, 6.45) is 0.668. The highest BCUT2D eigenvalue weighted by atomic mass is 14.5. The number of hydrogen-bond donors (Lipinski definition) is 0. The number of nitrogens with zero attached hydrogens (tertiary/aromatic N) is 2. The zero-order valence-corrected chi connectivity index (χ0v) is 12.8. The van der Waals surface area contributed by atoms with E-state index in [9.17, 15) is 10.5 Å². The zero-order valence-electron chi connectivity index (χ0n) is 12.8. The van der Waals surface area contributed by atoms with Crippen molar-refractivity contribution in [3.63, 3.8) is 0 Å². The fourth-order valence-corrected chi connectivity index (χ4v) is 3.81. The molecule has 0 fully saturated rings. The molecule has 1 aliphatic carbocycles. The monoisotopic (exact) mass is 294 g/mol. The van der Waals surface area contributed by atoms with Crippen LogP contribution in [0.2, 0.25) is 0 Å². The third-order valence-electron chi connectivity index (χ3n) is 5.00. The zero-order chi connectivity index (χ0) is 16.0. The van der Waals surface area contributed by atoms with Crippen molar-refractivity contribution in [1.29, 1.82) is 10.5 Å². The third-order valence-corrected chi connectivity index (χ3v) is 5.00. The van der Waals surface area contributed by atoms with E-state index < -0.39 is 5.41 Å². The second-order valence-corrected chi connectivity index (χ2v) is 6.12. The lowest BCUT2D eigenvalue weighted by molar-refractivity contribution is 0.683. The molecule has 3 aromatic rings. The number of benzene rings is 3. The van der Waals surface area contributed by atoms with Crippen LogP contribution in [0.3, 0.4) is 0 Å². The Hall–Kier alpha value is -3.10. The Morgan fingerprint density at radius 2 is 1.74 bits per heavy atom. The number of rotatable bonds is 1. The SMILES string of the molecule is Cc1ccc2c(C#N)ccc3c2c1CC3(C#N)c1ccccc1. The molecule has 108 valence electrons. The van der Waals surface area contributed by atoms with Crippen molar-refractivity contribution in [2.75, 3.05) is 0 Å². The van der Waals surface area contributed by atoms with E-state index >= 15 is 0 Å². The molecule has 2 heteroatoms. The molecule has 23 heavy (non-hydrogen) atoms. The smallest absolute Gasteiger partial charge is 0.112 e. The molecule has 0 saturated carbocycles. The molecule has 1 unspecified atom stereocenters. The molecule has 0 radical (unpaired) electrons. The highest BCUT2D eigenvalue weighted by Gasteiger charge is 2.42. The van der Waals surface area contributed by atoms with Crippen molar-refractivity contribution in [3.05, 3.63) is 82.4 Å². The minimum atomic E-state index is -0.665. The molecule has 2 nitrogen and oxygen atoms in total. The molecule has 0 bridgehead atoms. The minimum Gasteiger partial charge on any atom is -0.197 e. The highest BCUT2D eigenvalue weighted by Crippen LogP contribution is 2.48. The molecule has 0 N–H and O–H groups in total. The van der Waals surface area contributed by atoms with Gasteiger partial charge in [-0.3, -0.25) is 0 Å². The van der Waals surface area contributed by atoms with E-state index in [-0.39, 0.29) is 0 Å². The summed E-state index contributed by atoms with van der Waals surface area (Å²) in [5, 5.41) is 21.5. The Labute approximate surface area is 135 Å². The first kappa shape index (κ1) is 13.6. The standard InChI is InChI=1S/C21H14N2/c1-14-7-9-17-15(12-22)8-10-19-20(17)18(14)11-21(19,13-23)16-5-3-2-4-6-16/h2-10H,11H2,1H3. The Bertz CT molecular complexity index is 1020. The summed E-state index contributed by atoms with van der Waals surface area (Å²) in [6, 6.07) is 22.7. The lowest BCUT2D eigenvalue weighted by Crippen LogP contribution is -2.24. The van der Waals surface area contributed by atoms with E-state index in [4.69, 9.17) is 0 Å². The molecule has 0 amide bonds. The van der Waals surface area contributed by atoms with E-state index in [2.05, 4.69) is 25.1 Å². The van der Waals surface area contributed by atoms with E-state index in [1.165, 1.54) is 11.1 Å². The molecule has 0 heterocycles. The summed E-state index contributed by atoms with van der Waals surface area (Å²) < 4.78 is 0. The quantitative estimate of drug-likeness (QED) is 0.668. The van der Waals surface area contributed by atoms with Gasteiger partial charge in [0, 0.05) is 11.8 Å². The molecular weight excluding hydrogens is 280 g/mol. The van der Waals surface area contributed by atoms with Crippen LogP contribution in [0.1, 0.15) is 27.8 Å². The minimum absolute atomic E-state index is 0.665. The number of hydrogen-bond acceptors (Lipinski definition) is 2. The number of nitriles is 2. The van der Waals surface area contributed by atoms with Gasteiger partial charge in [0.25, 0.3) is 0 Å². The van der Waals surface area contributed by atoms with Crippen LogP contribution in [0.4, 0.5) is 0 Å². The summed E-state index contributed by atoms with van der Waals surface area (Å²) in [4.78, 5) is 0. The Balaban J connectivity index is 2.13. The van der Waals surface area contributed by atoms with Crippen molar-refractivity contribution in [2.45, 2.75) is 18.8 Å².